The number of anilines is 2. The van der Waals surface area contributed by atoms with Gasteiger partial charge in [0, 0.05) is 23.5 Å². The molecule has 0 saturated carbocycles. The van der Waals surface area contributed by atoms with Gasteiger partial charge >= 0.3 is 0 Å². The van der Waals surface area contributed by atoms with Crippen LogP contribution >= 0.6 is 0 Å². The predicted octanol–water partition coefficient (Wildman–Crippen LogP) is 2.11. The zero-order chi connectivity index (χ0) is 16.9. The second kappa shape index (κ2) is 6.67. The maximum absolute atomic E-state index is 6.01. The van der Waals surface area contributed by atoms with Crippen LogP contribution < -0.4 is 16.2 Å². The van der Waals surface area contributed by atoms with Gasteiger partial charge < -0.3 is 16.2 Å². The fourth-order valence-electron chi connectivity index (χ4n) is 2.17. The molecule has 0 aliphatic rings. The minimum Gasteiger partial charge on any atom is -0.497 e. The van der Waals surface area contributed by atoms with E-state index in [0.29, 0.717) is 17.0 Å². The molecule has 0 radical (unpaired) electrons. The van der Waals surface area contributed by atoms with Crippen LogP contribution in [0.3, 0.4) is 0 Å². The molecule has 3 rings (SSSR count). The summed E-state index contributed by atoms with van der Waals surface area (Å²) in [5, 5.41) is 0. The van der Waals surface area contributed by atoms with Gasteiger partial charge in [0.2, 0.25) is 5.95 Å². The Hall–Kier alpha value is -3.59. The summed E-state index contributed by atoms with van der Waals surface area (Å²) in [6.07, 6.45) is 3.36. The number of nitrogens with zero attached hydrogens (tertiary/aromatic N) is 3. The SMILES string of the molecule is COc1cccc(-c2nc(N)nc(N)c2C#Cc2cccnc2)c1. The van der Waals surface area contributed by atoms with E-state index in [1.807, 2.05) is 36.4 Å². The summed E-state index contributed by atoms with van der Waals surface area (Å²) in [5.74, 6) is 7.07. The summed E-state index contributed by atoms with van der Waals surface area (Å²) in [6.45, 7) is 0. The van der Waals surface area contributed by atoms with Crippen molar-refractivity contribution in [2.45, 2.75) is 0 Å². The molecule has 0 unspecified atom stereocenters. The van der Waals surface area contributed by atoms with Crippen LogP contribution in [0.4, 0.5) is 11.8 Å². The smallest absolute Gasteiger partial charge is 0.222 e. The summed E-state index contributed by atoms with van der Waals surface area (Å²) < 4.78 is 5.26. The highest BCUT2D eigenvalue weighted by atomic mass is 16.5. The Balaban J connectivity index is 2.14. The fraction of sp³-hybridized carbons (Fsp3) is 0.0556. The molecule has 0 amide bonds. The van der Waals surface area contributed by atoms with Crippen molar-refractivity contribution in [3.05, 3.63) is 59.9 Å². The fourth-order valence-corrected chi connectivity index (χ4v) is 2.17. The van der Waals surface area contributed by atoms with E-state index in [9.17, 15) is 0 Å². The van der Waals surface area contributed by atoms with Crippen LogP contribution in [-0.4, -0.2) is 22.1 Å². The number of methoxy groups -OCH3 is 1. The number of ether oxygens (including phenoxy) is 1. The van der Waals surface area contributed by atoms with Crippen LogP contribution in [0.1, 0.15) is 11.1 Å². The summed E-state index contributed by atoms with van der Waals surface area (Å²) in [7, 11) is 1.60. The molecule has 0 saturated heterocycles. The van der Waals surface area contributed by atoms with Gasteiger partial charge in [-0.2, -0.15) is 4.98 Å². The molecule has 3 aromatic rings. The minimum atomic E-state index is 0.0947. The number of aromatic nitrogens is 3. The predicted molar refractivity (Wildman–Crippen MR) is 93.1 cm³/mol. The van der Waals surface area contributed by atoms with Gasteiger partial charge in [-0.15, -0.1) is 0 Å². The Morgan fingerprint density at radius 1 is 1.04 bits per heavy atom. The number of pyridine rings is 1. The van der Waals surface area contributed by atoms with E-state index in [4.69, 9.17) is 16.2 Å². The molecule has 0 aliphatic carbocycles. The van der Waals surface area contributed by atoms with E-state index in [2.05, 4.69) is 26.8 Å². The quantitative estimate of drug-likeness (QED) is 0.702. The van der Waals surface area contributed by atoms with Gasteiger partial charge in [0.1, 0.15) is 11.6 Å². The Bertz CT molecular complexity index is 929. The van der Waals surface area contributed by atoms with Crippen LogP contribution in [0.25, 0.3) is 11.3 Å². The standard InChI is InChI=1S/C18H15N5O/c1-24-14-6-2-5-13(10-14)16-15(17(19)23-18(20)22-16)8-7-12-4-3-9-21-11-12/h2-6,9-11H,1H3,(H4,19,20,22,23). The van der Waals surface area contributed by atoms with Crippen molar-refractivity contribution >= 4 is 11.8 Å². The summed E-state index contributed by atoms with van der Waals surface area (Å²) in [6, 6.07) is 11.1. The maximum atomic E-state index is 6.01. The zero-order valence-electron chi connectivity index (χ0n) is 13.0. The molecule has 0 aliphatic heterocycles. The molecule has 118 valence electrons. The molecule has 24 heavy (non-hydrogen) atoms. The normalized spacial score (nSPS) is 9.88. The van der Waals surface area contributed by atoms with E-state index >= 15 is 0 Å². The van der Waals surface area contributed by atoms with Gasteiger partial charge in [0.15, 0.2) is 0 Å². The van der Waals surface area contributed by atoms with E-state index in [-0.39, 0.29) is 11.8 Å². The average Bonchev–Trinajstić information content (AvgIpc) is 2.61. The first-order valence-electron chi connectivity index (χ1n) is 7.17. The third-order valence-electron chi connectivity index (χ3n) is 3.29. The van der Waals surface area contributed by atoms with Crippen molar-refractivity contribution in [1.82, 2.24) is 15.0 Å². The van der Waals surface area contributed by atoms with E-state index in [1.54, 1.807) is 19.5 Å². The molecule has 2 aromatic heterocycles. The molecule has 0 spiro atoms. The Morgan fingerprint density at radius 3 is 2.67 bits per heavy atom. The van der Waals surface area contributed by atoms with Gasteiger partial charge in [0.25, 0.3) is 0 Å². The third-order valence-corrected chi connectivity index (χ3v) is 3.29. The van der Waals surface area contributed by atoms with Gasteiger partial charge in [-0.3, -0.25) is 4.98 Å². The largest absolute Gasteiger partial charge is 0.497 e. The molecular weight excluding hydrogens is 302 g/mol. The van der Waals surface area contributed by atoms with Gasteiger partial charge in [-0.25, -0.2) is 4.98 Å². The molecule has 6 heteroatoms. The molecule has 1 aromatic carbocycles. The molecule has 4 N–H and O–H groups in total. The lowest BCUT2D eigenvalue weighted by atomic mass is 10.1. The number of benzene rings is 1. The lowest BCUT2D eigenvalue weighted by molar-refractivity contribution is 0.415. The minimum absolute atomic E-state index is 0.0947. The Labute approximate surface area is 139 Å². The van der Waals surface area contributed by atoms with E-state index < -0.39 is 0 Å². The monoisotopic (exact) mass is 317 g/mol. The lowest BCUT2D eigenvalue weighted by Gasteiger charge is -2.09. The van der Waals surface area contributed by atoms with Crippen LogP contribution in [0.15, 0.2) is 48.8 Å². The first kappa shape index (κ1) is 15.3. The first-order chi connectivity index (χ1) is 11.7. The van der Waals surface area contributed by atoms with Gasteiger partial charge in [-0.1, -0.05) is 24.0 Å². The third kappa shape index (κ3) is 3.25. The molecule has 6 nitrogen and oxygen atoms in total. The molecule has 0 atom stereocenters. The average molecular weight is 317 g/mol. The van der Waals surface area contributed by atoms with Gasteiger partial charge in [0.05, 0.1) is 18.4 Å². The molecule has 0 fully saturated rings. The number of rotatable bonds is 2. The number of nitrogen functional groups attached to an aromatic ring is 2. The second-order valence-electron chi connectivity index (χ2n) is 4.91. The van der Waals surface area contributed by atoms with Crippen molar-refractivity contribution in [2.24, 2.45) is 0 Å². The number of hydrogen-bond acceptors (Lipinski definition) is 6. The summed E-state index contributed by atoms with van der Waals surface area (Å²) in [4.78, 5) is 12.3. The van der Waals surface area contributed by atoms with Crippen molar-refractivity contribution in [1.29, 1.82) is 0 Å². The number of nitrogens with two attached hydrogens (primary N) is 2. The van der Waals surface area contributed by atoms with Crippen molar-refractivity contribution in [2.75, 3.05) is 18.6 Å². The Kier molecular flexibility index (Phi) is 4.25. The topological polar surface area (TPSA) is 99.9 Å². The van der Waals surface area contributed by atoms with Crippen molar-refractivity contribution in [3.63, 3.8) is 0 Å². The van der Waals surface area contributed by atoms with Crippen LogP contribution in [-0.2, 0) is 0 Å². The Morgan fingerprint density at radius 2 is 1.92 bits per heavy atom. The van der Waals surface area contributed by atoms with Crippen LogP contribution in [0, 0.1) is 11.8 Å². The highest BCUT2D eigenvalue weighted by molar-refractivity contribution is 5.75. The highest BCUT2D eigenvalue weighted by Crippen LogP contribution is 2.27. The van der Waals surface area contributed by atoms with Crippen molar-refractivity contribution < 1.29 is 4.74 Å². The summed E-state index contributed by atoms with van der Waals surface area (Å²) in [5.41, 5.74) is 14.4. The molecule has 2 heterocycles. The second-order valence-corrected chi connectivity index (χ2v) is 4.91. The summed E-state index contributed by atoms with van der Waals surface area (Å²) >= 11 is 0. The van der Waals surface area contributed by atoms with Crippen molar-refractivity contribution in [3.8, 4) is 28.8 Å². The maximum Gasteiger partial charge on any atom is 0.222 e. The zero-order valence-corrected chi connectivity index (χ0v) is 13.0. The molecule has 0 bridgehead atoms. The first-order valence-corrected chi connectivity index (χ1v) is 7.17. The van der Waals surface area contributed by atoms with Crippen LogP contribution in [0.5, 0.6) is 5.75 Å². The molecular formula is C18H15N5O. The lowest BCUT2D eigenvalue weighted by Crippen LogP contribution is -2.05. The van der Waals surface area contributed by atoms with E-state index in [0.717, 1.165) is 11.1 Å². The van der Waals surface area contributed by atoms with E-state index in [1.165, 1.54) is 0 Å². The highest BCUT2D eigenvalue weighted by Gasteiger charge is 2.12. The van der Waals surface area contributed by atoms with Crippen LogP contribution in [0.2, 0.25) is 0 Å². The number of hydrogen-bond donors (Lipinski definition) is 2. The van der Waals surface area contributed by atoms with Gasteiger partial charge in [-0.05, 0) is 24.3 Å².